The lowest BCUT2D eigenvalue weighted by Gasteiger charge is -2.35. The van der Waals surface area contributed by atoms with Crippen LogP contribution in [0.5, 0.6) is 0 Å². The number of aromatic carboxylic acids is 1. The Bertz CT molecular complexity index is 393. The van der Waals surface area contributed by atoms with Crippen LogP contribution in [-0.4, -0.2) is 53.6 Å². The molecule has 0 spiro atoms. The van der Waals surface area contributed by atoms with Crippen LogP contribution in [0.1, 0.15) is 10.4 Å². The number of rotatable bonds is 3. The number of aliphatic hydroxyl groups is 1. The van der Waals surface area contributed by atoms with Crippen molar-refractivity contribution in [3.05, 3.63) is 23.9 Å². The van der Waals surface area contributed by atoms with Crippen molar-refractivity contribution in [2.75, 3.05) is 31.3 Å². The van der Waals surface area contributed by atoms with Crippen molar-refractivity contribution in [1.82, 2.24) is 4.98 Å². The minimum Gasteiger partial charge on any atom is -0.478 e. The molecule has 0 amide bonds. The Hall–Kier alpha value is -1.66. The number of morpholine rings is 1. The summed E-state index contributed by atoms with van der Waals surface area (Å²) in [5, 5.41) is 18.0. The van der Waals surface area contributed by atoms with E-state index < -0.39 is 5.97 Å². The fourth-order valence-corrected chi connectivity index (χ4v) is 1.79. The third-order valence-electron chi connectivity index (χ3n) is 2.73. The molecule has 2 heterocycles. The van der Waals surface area contributed by atoms with Crippen molar-refractivity contribution in [2.24, 2.45) is 0 Å². The average molecular weight is 238 g/mol. The Balaban J connectivity index is 2.17. The van der Waals surface area contributed by atoms with Crippen LogP contribution in [0.4, 0.5) is 5.82 Å². The van der Waals surface area contributed by atoms with Gasteiger partial charge in [-0.25, -0.2) is 9.78 Å². The van der Waals surface area contributed by atoms with Gasteiger partial charge < -0.3 is 19.8 Å². The van der Waals surface area contributed by atoms with Crippen molar-refractivity contribution in [2.45, 2.75) is 6.04 Å². The Labute approximate surface area is 98.5 Å². The first-order chi connectivity index (χ1) is 8.22. The largest absolute Gasteiger partial charge is 0.478 e. The number of hydrogen-bond donors (Lipinski definition) is 2. The number of aliphatic hydroxyl groups excluding tert-OH is 1. The topological polar surface area (TPSA) is 82.9 Å². The Morgan fingerprint density at radius 1 is 1.59 bits per heavy atom. The van der Waals surface area contributed by atoms with Crippen LogP contribution >= 0.6 is 0 Å². The summed E-state index contributed by atoms with van der Waals surface area (Å²) in [4.78, 5) is 16.7. The average Bonchev–Trinajstić information content (AvgIpc) is 2.39. The van der Waals surface area contributed by atoms with Gasteiger partial charge in [0.1, 0.15) is 5.82 Å². The number of nitrogens with zero attached hydrogens (tertiary/aromatic N) is 2. The van der Waals surface area contributed by atoms with Gasteiger partial charge in [-0.2, -0.15) is 0 Å². The first kappa shape index (κ1) is 11.8. The fourth-order valence-electron chi connectivity index (χ4n) is 1.79. The highest BCUT2D eigenvalue weighted by atomic mass is 16.5. The molecule has 1 aliphatic heterocycles. The number of anilines is 1. The second-order valence-electron chi connectivity index (χ2n) is 3.81. The lowest BCUT2D eigenvalue weighted by atomic mass is 10.2. The Kier molecular flexibility index (Phi) is 3.55. The van der Waals surface area contributed by atoms with E-state index in [-0.39, 0.29) is 18.2 Å². The molecule has 0 radical (unpaired) electrons. The summed E-state index contributed by atoms with van der Waals surface area (Å²) < 4.78 is 5.26. The van der Waals surface area contributed by atoms with E-state index in [1.54, 1.807) is 6.07 Å². The summed E-state index contributed by atoms with van der Waals surface area (Å²) >= 11 is 0. The molecule has 0 aromatic carbocycles. The number of hydrogen-bond acceptors (Lipinski definition) is 5. The van der Waals surface area contributed by atoms with Gasteiger partial charge in [0.25, 0.3) is 0 Å². The van der Waals surface area contributed by atoms with Gasteiger partial charge in [-0.15, -0.1) is 0 Å². The molecule has 0 bridgehead atoms. The van der Waals surface area contributed by atoms with Crippen LogP contribution < -0.4 is 4.90 Å². The van der Waals surface area contributed by atoms with Gasteiger partial charge in [0.05, 0.1) is 31.4 Å². The summed E-state index contributed by atoms with van der Waals surface area (Å²) in [6.07, 6.45) is 1.32. The van der Waals surface area contributed by atoms with Crippen LogP contribution in [-0.2, 0) is 4.74 Å². The smallest absolute Gasteiger partial charge is 0.337 e. The molecule has 2 rings (SSSR count). The molecule has 1 atom stereocenters. The van der Waals surface area contributed by atoms with Gasteiger partial charge in [-0.1, -0.05) is 0 Å². The predicted molar refractivity (Wildman–Crippen MR) is 60.2 cm³/mol. The maximum Gasteiger partial charge on any atom is 0.337 e. The van der Waals surface area contributed by atoms with E-state index in [0.29, 0.717) is 25.6 Å². The fraction of sp³-hybridized carbons (Fsp3) is 0.455. The Morgan fingerprint density at radius 2 is 2.41 bits per heavy atom. The molecule has 1 aromatic rings. The number of pyridine rings is 1. The zero-order valence-corrected chi connectivity index (χ0v) is 9.24. The van der Waals surface area contributed by atoms with E-state index in [9.17, 15) is 9.90 Å². The third-order valence-corrected chi connectivity index (χ3v) is 2.73. The second kappa shape index (κ2) is 5.11. The van der Waals surface area contributed by atoms with Gasteiger partial charge in [0.2, 0.25) is 0 Å². The number of carboxylic acid groups (broad SMARTS) is 1. The van der Waals surface area contributed by atoms with Crippen molar-refractivity contribution in [3.8, 4) is 0 Å². The van der Waals surface area contributed by atoms with Crippen molar-refractivity contribution >= 4 is 11.8 Å². The van der Waals surface area contributed by atoms with Crippen molar-refractivity contribution in [1.29, 1.82) is 0 Å². The highest BCUT2D eigenvalue weighted by Gasteiger charge is 2.23. The van der Waals surface area contributed by atoms with E-state index >= 15 is 0 Å². The summed E-state index contributed by atoms with van der Waals surface area (Å²) in [5.74, 6) is -0.331. The minimum atomic E-state index is -0.996. The molecular weight excluding hydrogens is 224 g/mol. The van der Waals surface area contributed by atoms with Gasteiger partial charge in [0, 0.05) is 12.7 Å². The zero-order chi connectivity index (χ0) is 12.3. The van der Waals surface area contributed by atoms with Gasteiger partial charge in [0.15, 0.2) is 0 Å². The molecule has 2 N–H and O–H groups in total. The summed E-state index contributed by atoms with van der Waals surface area (Å²) in [6, 6.07) is 3.04. The predicted octanol–water partition coefficient (Wildman–Crippen LogP) is -0.0227. The maximum atomic E-state index is 10.7. The molecule has 92 valence electrons. The molecule has 6 heteroatoms. The molecule has 0 aliphatic carbocycles. The molecule has 6 nitrogen and oxygen atoms in total. The monoisotopic (exact) mass is 238 g/mol. The SMILES string of the molecule is O=C(O)c1ccc(N2CCOCC2CO)nc1. The second-order valence-corrected chi connectivity index (χ2v) is 3.81. The molecule has 1 fully saturated rings. The Morgan fingerprint density at radius 3 is 3.00 bits per heavy atom. The summed E-state index contributed by atoms with van der Waals surface area (Å²) in [6.45, 7) is 1.67. The highest BCUT2D eigenvalue weighted by molar-refractivity contribution is 5.87. The van der Waals surface area contributed by atoms with E-state index in [0.717, 1.165) is 0 Å². The molecule has 0 saturated carbocycles. The van der Waals surface area contributed by atoms with E-state index in [2.05, 4.69) is 4.98 Å². The molecule has 17 heavy (non-hydrogen) atoms. The van der Waals surface area contributed by atoms with Crippen molar-refractivity contribution in [3.63, 3.8) is 0 Å². The van der Waals surface area contributed by atoms with Crippen molar-refractivity contribution < 1.29 is 19.7 Å². The van der Waals surface area contributed by atoms with E-state index in [4.69, 9.17) is 9.84 Å². The van der Waals surface area contributed by atoms with Crippen LogP contribution in [0.2, 0.25) is 0 Å². The molecule has 1 aliphatic rings. The number of carbonyl (C=O) groups is 1. The first-order valence-corrected chi connectivity index (χ1v) is 5.37. The number of ether oxygens (including phenoxy) is 1. The van der Waals surface area contributed by atoms with Gasteiger partial charge in [-0.05, 0) is 12.1 Å². The van der Waals surface area contributed by atoms with Crippen LogP contribution in [0.25, 0.3) is 0 Å². The number of aromatic nitrogens is 1. The molecule has 1 unspecified atom stereocenters. The van der Waals surface area contributed by atoms with Crippen LogP contribution in [0, 0.1) is 0 Å². The summed E-state index contributed by atoms with van der Waals surface area (Å²) in [5.41, 5.74) is 0.155. The highest BCUT2D eigenvalue weighted by Crippen LogP contribution is 2.17. The first-order valence-electron chi connectivity index (χ1n) is 5.37. The van der Waals surface area contributed by atoms with Gasteiger partial charge >= 0.3 is 5.97 Å². The molecule has 1 aromatic heterocycles. The quantitative estimate of drug-likeness (QED) is 0.770. The van der Waals surface area contributed by atoms with Gasteiger partial charge in [-0.3, -0.25) is 0 Å². The zero-order valence-electron chi connectivity index (χ0n) is 9.24. The number of carboxylic acids is 1. The lowest BCUT2D eigenvalue weighted by Crippen LogP contribution is -2.48. The van der Waals surface area contributed by atoms with E-state index in [1.165, 1.54) is 12.3 Å². The standard InChI is InChI=1S/C11H14N2O4/c14-6-9-7-17-4-3-13(9)10-2-1-8(5-12-10)11(15)16/h1-2,5,9,14H,3-4,6-7H2,(H,15,16). The minimum absolute atomic E-state index is 0.0115. The molecular formula is C11H14N2O4. The summed E-state index contributed by atoms with van der Waals surface area (Å²) in [7, 11) is 0. The third kappa shape index (κ3) is 2.54. The maximum absolute atomic E-state index is 10.7. The molecule has 1 saturated heterocycles. The van der Waals surface area contributed by atoms with Crippen LogP contribution in [0.15, 0.2) is 18.3 Å². The lowest BCUT2D eigenvalue weighted by molar-refractivity contribution is 0.0693. The van der Waals surface area contributed by atoms with Crippen LogP contribution in [0.3, 0.4) is 0 Å². The van der Waals surface area contributed by atoms with E-state index in [1.807, 2.05) is 4.90 Å². The normalized spacial score (nSPS) is 20.3.